The summed E-state index contributed by atoms with van der Waals surface area (Å²) in [6.07, 6.45) is -4.99. The second kappa shape index (κ2) is 7.44. The van der Waals surface area contributed by atoms with E-state index in [1.54, 1.807) is 5.43 Å². The molecule has 2 aromatic carbocycles. The van der Waals surface area contributed by atoms with E-state index in [-0.39, 0.29) is 11.3 Å². The summed E-state index contributed by atoms with van der Waals surface area (Å²) in [4.78, 5) is 9.88. The fraction of sp³-hybridized carbons (Fsp3) is 0.0667. The average molecular weight is 388 g/mol. The van der Waals surface area contributed by atoms with Crippen LogP contribution in [0.5, 0.6) is 5.75 Å². The van der Waals surface area contributed by atoms with Gasteiger partial charge >= 0.3 is 22.4 Å². The molecule has 0 fully saturated rings. The summed E-state index contributed by atoms with van der Waals surface area (Å²) in [6.45, 7) is 0. The maximum atomic E-state index is 12.5. The van der Waals surface area contributed by atoms with Crippen LogP contribution < -0.4 is 9.61 Å². The Morgan fingerprint density at radius 1 is 1.12 bits per heavy atom. The minimum atomic E-state index is -4.59. The molecule has 2 N–H and O–H groups in total. The predicted octanol–water partition coefficient (Wildman–Crippen LogP) is 3.07. The molecule has 0 radical (unpaired) electrons. The third kappa shape index (κ3) is 4.96. The van der Waals surface area contributed by atoms with Gasteiger partial charge in [-0.1, -0.05) is 12.1 Å². The first-order chi connectivity index (χ1) is 12.1. The lowest BCUT2D eigenvalue weighted by atomic mass is 10.2. The number of alkyl halides is 3. The SMILES string of the molecule is O=C(O)NN=Cc1ccccc1OS(=O)(=O)c1ccc(C(F)(F)F)cc1. The molecule has 0 aliphatic heterocycles. The molecule has 0 unspecified atom stereocenters. The molecule has 7 nitrogen and oxygen atoms in total. The van der Waals surface area contributed by atoms with Gasteiger partial charge in [0, 0.05) is 5.56 Å². The summed E-state index contributed by atoms with van der Waals surface area (Å²) in [6, 6.07) is 8.48. The molecule has 0 aliphatic rings. The lowest BCUT2D eigenvalue weighted by Gasteiger charge is -2.10. The Bertz CT molecular complexity index is 925. The summed E-state index contributed by atoms with van der Waals surface area (Å²) in [5.41, 5.74) is 0.850. The minimum Gasteiger partial charge on any atom is -0.464 e. The summed E-state index contributed by atoms with van der Waals surface area (Å²) < 4.78 is 67.0. The smallest absolute Gasteiger partial charge is 0.425 e. The van der Waals surface area contributed by atoms with Crippen molar-refractivity contribution in [2.24, 2.45) is 5.10 Å². The quantitative estimate of drug-likeness (QED) is 0.465. The number of carbonyl (C=O) groups is 1. The summed E-state index contributed by atoms with van der Waals surface area (Å²) >= 11 is 0. The second-order valence-corrected chi connectivity index (χ2v) is 6.32. The van der Waals surface area contributed by atoms with Crippen LogP contribution in [0.1, 0.15) is 11.1 Å². The van der Waals surface area contributed by atoms with Crippen LogP contribution in [-0.4, -0.2) is 25.8 Å². The highest BCUT2D eigenvalue weighted by Crippen LogP contribution is 2.30. The van der Waals surface area contributed by atoms with Gasteiger partial charge in [-0.15, -0.1) is 0 Å². The van der Waals surface area contributed by atoms with Crippen LogP contribution in [0.3, 0.4) is 0 Å². The lowest BCUT2D eigenvalue weighted by Crippen LogP contribution is -2.14. The van der Waals surface area contributed by atoms with Gasteiger partial charge in [0.1, 0.15) is 4.90 Å². The fourth-order valence-corrected chi connectivity index (χ4v) is 2.75. The average Bonchev–Trinajstić information content (AvgIpc) is 2.55. The zero-order valence-corrected chi connectivity index (χ0v) is 13.6. The number of nitrogens with zero attached hydrogens (tertiary/aromatic N) is 1. The van der Waals surface area contributed by atoms with E-state index in [0.717, 1.165) is 18.3 Å². The van der Waals surface area contributed by atoms with E-state index in [4.69, 9.17) is 9.29 Å². The van der Waals surface area contributed by atoms with Gasteiger partial charge in [-0.05, 0) is 36.4 Å². The van der Waals surface area contributed by atoms with Crippen molar-refractivity contribution in [2.45, 2.75) is 11.1 Å². The van der Waals surface area contributed by atoms with Gasteiger partial charge in [0.15, 0.2) is 5.75 Å². The van der Waals surface area contributed by atoms with Crippen molar-refractivity contribution < 1.29 is 35.7 Å². The topological polar surface area (TPSA) is 105 Å². The summed E-state index contributed by atoms with van der Waals surface area (Å²) in [5.74, 6) is -0.177. The number of benzene rings is 2. The standard InChI is InChI=1S/C15H11F3N2O5S/c16-15(17,18)11-5-7-12(8-6-11)26(23,24)25-13-4-2-1-3-10(13)9-19-20-14(21)22/h1-9,20H,(H,21,22). The molecule has 0 saturated carbocycles. The number of hydrazone groups is 1. The molecule has 2 aromatic rings. The van der Waals surface area contributed by atoms with Crippen LogP contribution in [0.15, 0.2) is 58.5 Å². The molecule has 2 rings (SSSR count). The minimum absolute atomic E-state index is 0.136. The molecule has 11 heteroatoms. The van der Waals surface area contributed by atoms with Crippen molar-refractivity contribution in [1.29, 1.82) is 0 Å². The molecule has 0 aromatic heterocycles. The second-order valence-electron chi connectivity index (χ2n) is 4.77. The van der Waals surface area contributed by atoms with Crippen molar-refractivity contribution in [2.75, 3.05) is 0 Å². The molecule has 0 atom stereocenters. The summed E-state index contributed by atoms with van der Waals surface area (Å²) in [5, 5.41) is 11.8. The first-order valence-electron chi connectivity index (χ1n) is 6.82. The Balaban J connectivity index is 2.27. The first kappa shape index (κ1) is 19.2. The van der Waals surface area contributed by atoms with Crippen molar-refractivity contribution >= 4 is 22.4 Å². The number of carboxylic acid groups (broad SMARTS) is 1. The first-order valence-corrected chi connectivity index (χ1v) is 8.23. The van der Waals surface area contributed by atoms with Gasteiger partial charge in [-0.25, -0.2) is 10.2 Å². The van der Waals surface area contributed by atoms with Crippen LogP contribution >= 0.6 is 0 Å². The molecular weight excluding hydrogens is 377 g/mol. The number of nitrogens with one attached hydrogen (secondary N) is 1. The Kier molecular flexibility index (Phi) is 5.50. The highest BCUT2D eigenvalue weighted by Gasteiger charge is 2.31. The van der Waals surface area contributed by atoms with E-state index in [1.807, 2.05) is 0 Å². The summed E-state index contributed by atoms with van der Waals surface area (Å²) in [7, 11) is -4.41. The van der Waals surface area contributed by atoms with Crippen molar-refractivity contribution in [3.05, 3.63) is 59.7 Å². The van der Waals surface area contributed by atoms with Crippen LogP contribution in [0.4, 0.5) is 18.0 Å². The van der Waals surface area contributed by atoms with Crippen LogP contribution in [-0.2, 0) is 16.3 Å². The number of hydrogen-bond donors (Lipinski definition) is 2. The monoisotopic (exact) mass is 388 g/mol. The van der Waals surface area contributed by atoms with E-state index >= 15 is 0 Å². The molecular formula is C15H11F3N2O5S. The number of amides is 1. The van der Waals surface area contributed by atoms with Gasteiger partial charge in [0.05, 0.1) is 11.8 Å². The van der Waals surface area contributed by atoms with E-state index in [1.165, 1.54) is 24.3 Å². The van der Waals surface area contributed by atoms with Gasteiger partial charge in [0.25, 0.3) is 0 Å². The van der Waals surface area contributed by atoms with Crippen LogP contribution in [0.2, 0.25) is 0 Å². The third-order valence-electron chi connectivity index (χ3n) is 2.95. The third-order valence-corrected chi connectivity index (χ3v) is 4.20. The van der Waals surface area contributed by atoms with E-state index in [0.29, 0.717) is 12.1 Å². The molecule has 1 amide bonds. The van der Waals surface area contributed by atoms with E-state index in [9.17, 15) is 26.4 Å². The molecule has 0 spiro atoms. The maximum absolute atomic E-state index is 12.5. The normalized spacial score (nSPS) is 12.1. The largest absolute Gasteiger partial charge is 0.464 e. The lowest BCUT2D eigenvalue weighted by molar-refractivity contribution is -0.137. The van der Waals surface area contributed by atoms with Crippen molar-refractivity contribution in [1.82, 2.24) is 5.43 Å². The maximum Gasteiger partial charge on any atom is 0.425 e. The van der Waals surface area contributed by atoms with Gasteiger partial charge < -0.3 is 9.29 Å². The van der Waals surface area contributed by atoms with Crippen molar-refractivity contribution in [3.63, 3.8) is 0 Å². The predicted molar refractivity (Wildman–Crippen MR) is 84.5 cm³/mol. The van der Waals surface area contributed by atoms with Crippen LogP contribution in [0, 0.1) is 0 Å². The Labute approximate surface area is 145 Å². The number of rotatable bonds is 5. The number of para-hydroxylation sites is 1. The fourth-order valence-electron chi connectivity index (χ4n) is 1.80. The molecule has 0 bridgehead atoms. The Morgan fingerprint density at radius 2 is 1.73 bits per heavy atom. The van der Waals surface area contributed by atoms with Crippen LogP contribution in [0.25, 0.3) is 0 Å². The van der Waals surface area contributed by atoms with E-state index < -0.39 is 32.8 Å². The van der Waals surface area contributed by atoms with Gasteiger partial charge in [-0.2, -0.15) is 26.7 Å². The van der Waals surface area contributed by atoms with Gasteiger partial charge in [0.2, 0.25) is 0 Å². The Hall–Kier alpha value is -3.08. The number of hydrogen-bond acceptors (Lipinski definition) is 5. The zero-order valence-electron chi connectivity index (χ0n) is 12.8. The molecule has 0 heterocycles. The molecule has 0 saturated heterocycles. The highest BCUT2D eigenvalue weighted by molar-refractivity contribution is 7.87. The van der Waals surface area contributed by atoms with Gasteiger partial charge in [-0.3, -0.25) is 0 Å². The molecule has 26 heavy (non-hydrogen) atoms. The molecule has 0 aliphatic carbocycles. The van der Waals surface area contributed by atoms with Crippen molar-refractivity contribution in [3.8, 4) is 5.75 Å². The van der Waals surface area contributed by atoms with E-state index in [2.05, 4.69) is 5.10 Å². The highest BCUT2D eigenvalue weighted by atomic mass is 32.2. The Morgan fingerprint density at radius 3 is 2.31 bits per heavy atom. The molecule has 138 valence electrons. The zero-order chi connectivity index (χ0) is 19.4. The number of halogens is 3.